The van der Waals surface area contributed by atoms with Crippen molar-refractivity contribution in [3.05, 3.63) is 59.7 Å². The van der Waals surface area contributed by atoms with Crippen molar-refractivity contribution in [3.8, 4) is 11.5 Å². The molecule has 0 saturated carbocycles. The molecule has 0 bridgehead atoms. The number of rotatable bonds is 7. The van der Waals surface area contributed by atoms with E-state index in [9.17, 15) is 0 Å². The average molecular weight is 406 g/mol. The molecule has 4 rings (SSSR count). The number of hydrogen-bond donors (Lipinski definition) is 1. The van der Waals surface area contributed by atoms with Gasteiger partial charge in [-0.05, 0) is 62.1 Å². The monoisotopic (exact) mass is 405 g/mol. The Morgan fingerprint density at radius 1 is 1.07 bits per heavy atom. The second-order valence-corrected chi connectivity index (χ2v) is 7.95. The van der Waals surface area contributed by atoms with Crippen molar-refractivity contribution in [1.29, 1.82) is 0 Å². The highest BCUT2D eigenvalue weighted by molar-refractivity contribution is 5.83. The van der Waals surface area contributed by atoms with Gasteiger partial charge < -0.3 is 14.8 Å². The molecule has 0 amide bonds. The molecule has 0 aliphatic carbocycles. The molecule has 1 N–H and O–H groups in total. The van der Waals surface area contributed by atoms with Gasteiger partial charge in [0, 0.05) is 31.1 Å². The topological polar surface area (TPSA) is 46.6 Å². The van der Waals surface area contributed by atoms with Gasteiger partial charge in [0.25, 0.3) is 0 Å². The van der Waals surface area contributed by atoms with Crippen LogP contribution in [0.15, 0.2) is 48.5 Å². The fourth-order valence-corrected chi connectivity index (χ4v) is 4.21. The Bertz CT molecular complexity index is 997. The largest absolute Gasteiger partial charge is 0.493 e. The highest BCUT2D eigenvalue weighted by atomic mass is 16.5. The molecule has 1 fully saturated rings. The van der Waals surface area contributed by atoms with Gasteiger partial charge in [-0.25, -0.2) is 4.98 Å². The maximum Gasteiger partial charge on any atom is 0.161 e. The molecule has 3 aromatic rings. The zero-order valence-electron chi connectivity index (χ0n) is 18.1. The number of aromatic nitrogens is 1. The molecule has 1 aliphatic heterocycles. The number of hydrogen-bond acceptors (Lipinski definition) is 5. The van der Waals surface area contributed by atoms with E-state index in [1.54, 1.807) is 7.11 Å². The molecular weight excluding hydrogens is 374 g/mol. The quantitative estimate of drug-likeness (QED) is 0.598. The standard InChI is InChI=1S/C25H31N3O2/c1-4-30-24-16-19(9-10-23(24)29-3)17-28-13-11-20(12-14-28)26-25-15-18(2)21-7-5-6-8-22(21)27-25/h5-10,15-16,20H,4,11-14,17H2,1-3H3,(H,26,27). The van der Waals surface area contributed by atoms with Gasteiger partial charge in [-0.1, -0.05) is 24.3 Å². The van der Waals surface area contributed by atoms with E-state index in [-0.39, 0.29) is 0 Å². The smallest absolute Gasteiger partial charge is 0.161 e. The van der Waals surface area contributed by atoms with Crippen molar-refractivity contribution in [3.63, 3.8) is 0 Å². The molecule has 2 heterocycles. The summed E-state index contributed by atoms with van der Waals surface area (Å²) < 4.78 is 11.1. The van der Waals surface area contributed by atoms with Gasteiger partial charge >= 0.3 is 0 Å². The first-order valence-electron chi connectivity index (χ1n) is 10.8. The van der Waals surface area contributed by atoms with Crippen LogP contribution in [-0.2, 0) is 6.54 Å². The van der Waals surface area contributed by atoms with Crippen molar-refractivity contribution < 1.29 is 9.47 Å². The number of pyridine rings is 1. The minimum absolute atomic E-state index is 0.462. The van der Waals surface area contributed by atoms with E-state index in [4.69, 9.17) is 14.5 Å². The van der Waals surface area contributed by atoms with Crippen molar-refractivity contribution >= 4 is 16.7 Å². The Hall–Kier alpha value is -2.79. The number of fused-ring (bicyclic) bond motifs is 1. The lowest BCUT2D eigenvalue weighted by atomic mass is 10.0. The summed E-state index contributed by atoms with van der Waals surface area (Å²) in [7, 11) is 1.68. The molecule has 0 radical (unpaired) electrons. The summed E-state index contributed by atoms with van der Waals surface area (Å²) in [6.45, 7) is 7.86. The molecule has 5 heteroatoms. The Balaban J connectivity index is 1.35. The molecule has 1 aliphatic rings. The van der Waals surface area contributed by atoms with E-state index in [0.29, 0.717) is 12.6 Å². The third-order valence-electron chi connectivity index (χ3n) is 5.80. The molecular formula is C25H31N3O2. The second-order valence-electron chi connectivity index (χ2n) is 7.95. The average Bonchev–Trinajstić information content (AvgIpc) is 2.76. The molecule has 30 heavy (non-hydrogen) atoms. The van der Waals surface area contributed by atoms with Crippen molar-refractivity contribution in [2.24, 2.45) is 0 Å². The van der Waals surface area contributed by atoms with Gasteiger partial charge in [0.15, 0.2) is 11.5 Å². The van der Waals surface area contributed by atoms with Crippen molar-refractivity contribution in [2.45, 2.75) is 39.3 Å². The highest BCUT2D eigenvalue weighted by Gasteiger charge is 2.20. The van der Waals surface area contributed by atoms with E-state index >= 15 is 0 Å². The van der Waals surface area contributed by atoms with Crippen LogP contribution in [-0.4, -0.2) is 42.7 Å². The summed E-state index contributed by atoms with van der Waals surface area (Å²) in [5.41, 5.74) is 3.59. The first kappa shape index (κ1) is 20.5. The summed E-state index contributed by atoms with van der Waals surface area (Å²) in [6, 6.07) is 17.2. The molecule has 5 nitrogen and oxygen atoms in total. The summed E-state index contributed by atoms with van der Waals surface area (Å²) >= 11 is 0. The van der Waals surface area contributed by atoms with Gasteiger partial charge in [-0.3, -0.25) is 4.90 Å². The summed E-state index contributed by atoms with van der Waals surface area (Å²) in [5, 5.41) is 4.89. The van der Waals surface area contributed by atoms with Gasteiger partial charge in [-0.15, -0.1) is 0 Å². The van der Waals surface area contributed by atoms with Crippen LogP contribution in [0.1, 0.15) is 30.9 Å². The number of benzene rings is 2. The molecule has 158 valence electrons. The number of para-hydroxylation sites is 1. The number of aryl methyl sites for hydroxylation is 1. The Morgan fingerprint density at radius 3 is 2.63 bits per heavy atom. The lowest BCUT2D eigenvalue weighted by molar-refractivity contribution is 0.210. The number of nitrogens with one attached hydrogen (secondary N) is 1. The minimum atomic E-state index is 0.462. The number of likely N-dealkylation sites (tertiary alicyclic amines) is 1. The van der Waals surface area contributed by atoms with E-state index in [2.05, 4.69) is 53.5 Å². The summed E-state index contributed by atoms with van der Waals surface area (Å²) in [6.07, 6.45) is 2.23. The van der Waals surface area contributed by atoms with Gasteiger partial charge in [0.1, 0.15) is 5.82 Å². The summed E-state index contributed by atoms with van der Waals surface area (Å²) in [4.78, 5) is 7.32. The van der Waals surface area contributed by atoms with Gasteiger partial charge in [-0.2, -0.15) is 0 Å². The van der Waals surface area contributed by atoms with Crippen LogP contribution in [0.25, 0.3) is 10.9 Å². The first-order chi connectivity index (χ1) is 14.7. The minimum Gasteiger partial charge on any atom is -0.493 e. The summed E-state index contributed by atoms with van der Waals surface area (Å²) in [5.74, 6) is 2.61. The van der Waals surface area contributed by atoms with E-state index < -0.39 is 0 Å². The Kier molecular flexibility index (Phi) is 6.38. The maximum absolute atomic E-state index is 5.72. The van der Waals surface area contributed by atoms with E-state index in [1.807, 2.05) is 19.1 Å². The zero-order valence-corrected chi connectivity index (χ0v) is 18.1. The predicted octanol–water partition coefficient (Wildman–Crippen LogP) is 5.03. The van der Waals surface area contributed by atoms with Crippen LogP contribution in [0.3, 0.4) is 0 Å². The highest BCUT2D eigenvalue weighted by Crippen LogP contribution is 2.29. The first-order valence-corrected chi connectivity index (χ1v) is 10.8. The van der Waals surface area contributed by atoms with Gasteiger partial charge in [0.05, 0.1) is 19.2 Å². The van der Waals surface area contributed by atoms with Crippen LogP contribution in [0.5, 0.6) is 11.5 Å². The molecule has 1 aromatic heterocycles. The number of piperidine rings is 1. The normalized spacial score (nSPS) is 15.3. The maximum atomic E-state index is 5.72. The van der Waals surface area contributed by atoms with Gasteiger partial charge in [0.2, 0.25) is 0 Å². The molecule has 1 saturated heterocycles. The van der Waals surface area contributed by atoms with E-state index in [1.165, 1.54) is 16.5 Å². The molecule has 0 atom stereocenters. The second kappa shape index (κ2) is 9.35. The number of nitrogens with zero attached hydrogens (tertiary/aromatic N) is 2. The number of ether oxygens (including phenoxy) is 2. The molecule has 0 spiro atoms. The number of anilines is 1. The lowest BCUT2D eigenvalue weighted by Gasteiger charge is -2.32. The predicted molar refractivity (Wildman–Crippen MR) is 123 cm³/mol. The molecule has 0 unspecified atom stereocenters. The Morgan fingerprint density at radius 2 is 1.87 bits per heavy atom. The fraction of sp³-hybridized carbons (Fsp3) is 0.400. The van der Waals surface area contributed by atoms with Crippen LogP contribution in [0, 0.1) is 6.92 Å². The lowest BCUT2D eigenvalue weighted by Crippen LogP contribution is -2.38. The zero-order chi connectivity index (χ0) is 20.9. The number of methoxy groups -OCH3 is 1. The van der Waals surface area contributed by atoms with Crippen LogP contribution < -0.4 is 14.8 Å². The van der Waals surface area contributed by atoms with Crippen LogP contribution >= 0.6 is 0 Å². The third kappa shape index (κ3) is 4.68. The fourth-order valence-electron chi connectivity index (χ4n) is 4.21. The van der Waals surface area contributed by atoms with Crippen LogP contribution in [0.4, 0.5) is 5.82 Å². The van der Waals surface area contributed by atoms with Crippen LogP contribution in [0.2, 0.25) is 0 Å². The Labute approximate surface area is 179 Å². The SMILES string of the molecule is CCOc1cc(CN2CCC(Nc3cc(C)c4ccccc4n3)CC2)ccc1OC. The molecule has 2 aromatic carbocycles. The van der Waals surface area contributed by atoms with Crippen molar-refractivity contribution in [2.75, 3.05) is 32.1 Å². The van der Waals surface area contributed by atoms with E-state index in [0.717, 1.165) is 55.3 Å². The third-order valence-corrected chi connectivity index (χ3v) is 5.80. The van der Waals surface area contributed by atoms with Crippen molar-refractivity contribution in [1.82, 2.24) is 9.88 Å².